The Bertz CT molecular complexity index is 987. The number of hydrogen-bond donors (Lipinski definition) is 3. The molecular weight excluding hydrogens is 368 g/mol. The summed E-state index contributed by atoms with van der Waals surface area (Å²) >= 11 is 0. The molecule has 7 nitrogen and oxygen atoms in total. The van der Waals surface area contributed by atoms with Gasteiger partial charge in [0, 0.05) is 0 Å². The molecule has 0 saturated heterocycles. The first kappa shape index (κ1) is 20.4. The fourth-order valence-corrected chi connectivity index (χ4v) is 4.50. The summed E-state index contributed by atoms with van der Waals surface area (Å²) in [6.45, 7) is 6.60. The van der Waals surface area contributed by atoms with Gasteiger partial charge < -0.3 is 10.4 Å². The summed E-state index contributed by atoms with van der Waals surface area (Å²) in [6.07, 6.45) is 0. The van der Waals surface area contributed by atoms with E-state index in [1.807, 2.05) is 19.9 Å². The van der Waals surface area contributed by atoms with E-state index >= 15 is 0 Å². The van der Waals surface area contributed by atoms with Gasteiger partial charge in [-0.15, -0.1) is 0 Å². The maximum atomic E-state index is 13.1. The van der Waals surface area contributed by atoms with Crippen molar-refractivity contribution in [2.75, 3.05) is 11.3 Å². The SMILES string of the molecule is Cc1cc(C)c(C)c(S(=O)(=O)Nc2ccccc2C(=O)NCC(=O)O)c1C. The van der Waals surface area contributed by atoms with E-state index in [2.05, 4.69) is 10.0 Å². The molecule has 2 aromatic carbocycles. The lowest BCUT2D eigenvalue weighted by molar-refractivity contribution is -0.135. The van der Waals surface area contributed by atoms with E-state index in [4.69, 9.17) is 5.11 Å². The molecule has 0 saturated carbocycles. The Morgan fingerprint density at radius 3 is 2.11 bits per heavy atom. The third-order valence-electron chi connectivity index (χ3n) is 4.38. The summed E-state index contributed by atoms with van der Waals surface area (Å²) in [6, 6.07) is 7.97. The lowest BCUT2D eigenvalue weighted by Gasteiger charge is -2.18. The molecule has 3 N–H and O–H groups in total. The molecule has 0 aromatic heterocycles. The first-order valence-corrected chi connectivity index (χ1v) is 9.72. The number of aliphatic carboxylic acids is 1. The smallest absolute Gasteiger partial charge is 0.322 e. The molecular formula is C19H22N2O5S. The molecule has 0 aliphatic rings. The van der Waals surface area contributed by atoms with Gasteiger partial charge in [0.15, 0.2) is 0 Å². The number of carboxylic acid groups (broad SMARTS) is 1. The number of sulfonamides is 1. The maximum Gasteiger partial charge on any atom is 0.322 e. The zero-order valence-corrected chi connectivity index (χ0v) is 16.4. The van der Waals surface area contributed by atoms with Crippen LogP contribution in [-0.2, 0) is 14.8 Å². The Labute approximate surface area is 158 Å². The van der Waals surface area contributed by atoms with Gasteiger partial charge in [0.1, 0.15) is 6.54 Å². The van der Waals surface area contributed by atoms with Crippen LogP contribution in [0.2, 0.25) is 0 Å². The molecule has 8 heteroatoms. The Balaban J connectivity index is 2.46. The van der Waals surface area contributed by atoms with Crippen LogP contribution in [0.4, 0.5) is 5.69 Å². The standard InChI is InChI=1S/C19H22N2O5S/c1-11-9-12(2)14(4)18(13(11)3)27(25,26)21-16-8-6-5-7-15(16)19(24)20-10-17(22)23/h5-9,21H,10H2,1-4H3,(H,20,24)(H,22,23). The second kappa shape index (κ2) is 7.79. The van der Waals surface area contributed by atoms with Crippen LogP contribution in [0, 0.1) is 27.7 Å². The van der Waals surface area contributed by atoms with E-state index in [1.54, 1.807) is 26.0 Å². The van der Waals surface area contributed by atoms with Crippen molar-refractivity contribution >= 4 is 27.6 Å². The molecule has 0 aliphatic heterocycles. The zero-order chi connectivity index (χ0) is 20.4. The van der Waals surface area contributed by atoms with Crippen LogP contribution in [0.25, 0.3) is 0 Å². The molecule has 1 amide bonds. The van der Waals surface area contributed by atoms with Crippen LogP contribution in [0.5, 0.6) is 0 Å². The van der Waals surface area contributed by atoms with Crippen molar-refractivity contribution < 1.29 is 23.1 Å². The van der Waals surface area contributed by atoms with Gasteiger partial charge in [-0.25, -0.2) is 8.42 Å². The lowest BCUT2D eigenvalue weighted by Crippen LogP contribution is -2.30. The van der Waals surface area contributed by atoms with Crippen LogP contribution in [0.3, 0.4) is 0 Å². The number of hydrogen-bond acceptors (Lipinski definition) is 4. The van der Waals surface area contributed by atoms with E-state index in [0.717, 1.165) is 11.1 Å². The van der Waals surface area contributed by atoms with Gasteiger partial charge in [0.05, 0.1) is 16.1 Å². The second-order valence-electron chi connectivity index (χ2n) is 6.32. The van der Waals surface area contributed by atoms with E-state index in [-0.39, 0.29) is 16.1 Å². The molecule has 0 fully saturated rings. The number of anilines is 1. The third-order valence-corrected chi connectivity index (χ3v) is 6.02. The number of carboxylic acids is 1. The molecule has 0 heterocycles. The van der Waals surface area contributed by atoms with Crippen molar-refractivity contribution in [1.82, 2.24) is 5.32 Å². The highest BCUT2D eigenvalue weighted by molar-refractivity contribution is 7.92. The lowest BCUT2D eigenvalue weighted by atomic mass is 10.0. The molecule has 0 bridgehead atoms. The highest BCUT2D eigenvalue weighted by atomic mass is 32.2. The van der Waals surface area contributed by atoms with Crippen molar-refractivity contribution in [3.05, 3.63) is 58.1 Å². The number of amides is 1. The fraction of sp³-hybridized carbons (Fsp3) is 0.263. The Morgan fingerprint density at radius 2 is 1.56 bits per heavy atom. The van der Waals surface area contributed by atoms with E-state index in [1.165, 1.54) is 12.1 Å². The van der Waals surface area contributed by atoms with E-state index < -0.39 is 28.4 Å². The minimum absolute atomic E-state index is 0.0435. The number of benzene rings is 2. The second-order valence-corrected chi connectivity index (χ2v) is 7.94. The fourth-order valence-electron chi connectivity index (χ4n) is 2.80. The van der Waals surface area contributed by atoms with Crippen molar-refractivity contribution in [3.63, 3.8) is 0 Å². The van der Waals surface area contributed by atoms with Crippen molar-refractivity contribution in [1.29, 1.82) is 0 Å². The number of nitrogens with one attached hydrogen (secondary N) is 2. The summed E-state index contributed by atoms with van der Waals surface area (Å²) in [7, 11) is -3.95. The highest BCUT2D eigenvalue weighted by Crippen LogP contribution is 2.28. The quantitative estimate of drug-likeness (QED) is 0.702. The average molecular weight is 390 g/mol. The van der Waals surface area contributed by atoms with Crippen LogP contribution >= 0.6 is 0 Å². The average Bonchev–Trinajstić information content (AvgIpc) is 2.58. The van der Waals surface area contributed by atoms with Gasteiger partial charge in [-0.3, -0.25) is 14.3 Å². The molecule has 0 aliphatic carbocycles. The first-order chi connectivity index (χ1) is 12.5. The van der Waals surface area contributed by atoms with Crippen molar-refractivity contribution in [3.8, 4) is 0 Å². The normalized spacial score (nSPS) is 11.1. The zero-order valence-electron chi connectivity index (χ0n) is 15.6. The predicted octanol–water partition coefficient (Wildman–Crippen LogP) is 2.54. The number of carbonyl (C=O) groups is 2. The van der Waals surface area contributed by atoms with Crippen molar-refractivity contribution in [2.24, 2.45) is 0 Å². The van der Waals surface area contributed by atoms with E-state index in [9.17, 15) is 18.0 Å². The van der Waals surface area contributed by atoms with Gasteiger partial charge in [0.25, 0.3) is 15.9 Å². The molecule has 0 radical (unpaired) electrons. The number of carbonyl (C=O) groups excluding carboxylic acids is 1. The summed E-state index contributed by atoms with van der Waals surface area (Å²) in [5, 5.41) is 10.9. The van der Waals surface area contributed by atoms with Gasteiger partial charge >= 0.3 is 5.97 Å². The molecule has 0 spiro atoms. The molecule has 0 unspecified atom stereocenters. The van der Waals surface area contributed by atoms with Gasteiger partial charge in [0.2, 0.25) is 0 Å². The summed E-state index contributed by atoms with van der Waals surface area (Å²) in [4.78, 5) is 23.1. The Hall–Kier alpha value is -2.87. The van der Waals surface area contributed by atoms with Gasteiger partial charge in [-0.1, -0.05) is 18.2 Å². The Morgan fingerprint density at radius 1 is 1.00 bits per heavy atom. The number of rotatable bonds is 6. The molecule has 2 rings (SSSR count). The van der Waals surface area contributed by atoms with E-state index in [0.29, 0.717) is 11.1 Å². The summed E-state index contributed by atoms with van der Waals surface area (Å²) in [5.74, 6) is -1.87. The van der Waals surface area contributed by atoms with Crippen LogP contribution in [0.15, 0.2) is 35.2 Å². The van der Waals surface area contributed by atoms with Crippen molar-refractivity contribution in [2.45, 2.75) is 32.6 Å². The van der Waals surface area contributed by atoms with Gasteiger partial charge in [-0.2, -0.15) is 0 Å². The van der Waals surface area contributed by atoms with Crippen LogP contribution in [0.1, 0.15) is 32.6 Å². The van der Waals surface area contributed by atoms with Crippen LogP contribution < -0.4 is 10.0 Å². The first-order valence-electron chi connectivity index (χ1n) is 8.24. The largest absolute Gasteiger partial charge is 0.480 e. The minimum Gasteiger partial charge on any atom is -0.480 e. The van der Waals surface area contributed by atoms with Gasteiger partial charge in [-0.05, 0) is 62.1 Å². The predicted molar refractivity (Wildman–Crippen MR) is 103 cm³/mol. The molecule has 144 valence electrons. The number of aryl methyl sites for hydroxylation is 2. The summed E-state index contributed by atoms with van der Waals surface area (Å²) < 4.78 is 28.6. The summed E-state index contributed by atoms with van der Waals surface area (Å²) in [5.41, 5.74) is 3.11. The molecule has 2 aromatic rings. The monoisotopic (exact) mass is 390 g/mol. The maximum absolute atomic E-state index is 13.1. The molecule has 27 heavy (non-hydrogen) atoms. The topological polar surface area (TPSA) is 113 Å². The minimum atomic E-state index is -3.95. The van der Waals surface area contributed by atoms with Crippen LogP contribution in [-0.4, -0.2) is 31.9 Å². The molecule has 0 atom stereocenters. The Kier molecular flexibility index (Phi) is 5.90. The highest BCUT2D eigenvalue weighted by Gasteiger charge is 2.24. The number of para-hydroxylation sites is 1. The third kappa shape index (κ3) is 4.46.